The fraction of sp³-hybridized carbons (Fsp3) is 0.500. The summed E-state index contributed by atoms with van der Waals surface area (Å²) in [4.78, 5) is 11.8. The molecule has 1 atom stereocenters. The van der Waals surface area contributed by atoms with Crippen molar-refractivity contribution in [3.8, 4) is 0 Å². The van der Waals surface area contributed by atoms with Crippen LogP contribution in [-0.4, -0.2) is 18.6 Å². The number of carbonyl (C=O) groups excluding carboxylic acids is 1. The standard InChI is InChI=1S/C14H21NO2.BrH/c1-4-17-13(16)14(2,3)12(15)10-11-8-6-5-7-9-11;/h5-9,12H,4,10,15H2,1-3H3;1H. The molecule has 1 aromatic rings. The largest absolute Gasteiger partial charge is 0.466 e. The molecular weight excluding hydrogens is 294 g/mol. The number of ether oxygens (including phenoxy) is 1. The highest BCUT2D eigenvalue weighted by Crippen LogP contribution is 2.23. The van der Waals surface area contributed by atoms with Crippen molar-refractivity contribution in [3.63, 3.8) is 0 Å². The molecule has 0 radical (unpaired) electrons. The molecule has 18 heavy (non-hydrogen) atoms. The lowest BCUT2D eigenvalue weighted by molar-refractivity contribution is -0.154. The van der Waals surface area contributed by atoms with Gasteiger partial charge in [-0.3, -0.25) is 4.79 Å². The normalized spacial score (nSPS) is 12.4. The quantitative estimate of drug-likeness (QED) is 0.850. The first-order valence-corrected chi connectivity index (χ1v) is 5.95. The van der Waals surface area contributed by atoms with Gasteiger partial charge >= 0.3 is 5.97 Å². The van der Waals surface area contributed by atoms with Gasteiger partial charge in [-0.15, -0.1) is 17.0 Å². The topological polar surface area (TPSA) is 52.3 Å². The molecule has 0 spiro atoms. The fourth-order valence-electron chi connectivity index (χ4n) is 1.59. The van der Waals surface area contributed by atoms with Gasteiger partial charge in [0.25, 0.3) is 0 Å². The Hall–Kier alpha value is -0.870. The van der Waals surface area contributed by atoms with Crippen molar-refractivity contribution in [1.82, 2.24) is 0 Å². The highest BCUT2D eigenvalue weighted by Gasteiger charge is 2.35. The number of carbonyl (C=O) groups is 1. The minimum absolute atomic E-state index is 0. The molecule has 1 unspecified atom stereocenters. The lowest BCUT2D eigenvalue weighted by Gasteiger charge is -2.29. The maximum Gasteiger partial charge on any atom is 0.313 e. The third-order valence-electron chi connectivity index (χ3n) is 3.03. The highest BCUT2D eigenvalue weighted by molar-refractivity contribution is 8.93. The van der Waals surface area contributed by atoms with Crippen LogP contribution in [0.25, 0.3) is 0 Å². The molecule has 0 bridgehead atoms. The summed E-state index contributed by atoms with van der Waals surface area (Å²) in [7, 11) is 0. The third-order valence-corrected chi connectivity index (χ3v) is 3.03. The number of esters is 1. The van der Waals surface area contributed by atoms with Gasteiger partial charge < -0.3 is 10.5 Å². The molecule has 1 aromatic carbocycles. The average Bonchev–Trinajstić information content (AvgIpc) is 2.30. The van der Waals surface area contributed by atoms with Crippen LogP contribution in [-0.2, 0) is 16.0 Å². The van der Waals surface area contributed by atoms with E-state index in [2.05, 4.69) is 0 Å². The first kappa shape index (κ1) is 17.1. The number of nitrogens with two attached hydrogens (primary N) is 1. The van der Waals surface area contributed by atoms with E-state index in [1.54, 1.807) is 6.92 Å². The lowest BCUT2D eigenvalue weighted by Crippen LogP contribution is -2.45. The highest BCUT2D eigenvalue weighted by atomic mass is 79.9. The number of hydrogen-bond acceptors (Lipinski definition) is 3. The Morgan fingerprint density at radius 2 is 1.89 bits per heavy atom. The van der Waals surface area contributed by atoms with Gasteiger partial charge in [-0.05, 0) is 32.8 Å². The molecule has 0 amide bonds. The van der Waals surface area contributed by atoms with Gasteiger partial charge in [0.2, 0.25) is 0 Å². The summed E-state index contributed by atoms with van der Waals surface area (Å²) in [5.41, 5.74) is 6.59. The van der Waals surface area contributed by atoms with Gasteiger partial charge in [0, 0.05) is 6.04 Å². The molecule has 0 saturated heterocycles. The van der Waals surface area contributed by atoms with Crippen LogP contribution in [0, 0.1) is 5.41 Å². The average molecular weight is 316 g/mol. The number of benzene rings is 1. The molecule has 0 saturated carbocycles. The second kappa shape index (κ2) is 7.54. The summed E-state index contributed by atoms with van der Waals surface area (Å²) in [6.07, 6.45) is 0.673. The molecule has 0 aliphatic heterocycles. The molecule has 0 aliphatic rings. The van der Waals surface area contributed by atoms with E-state index in [0.717, 1.165) is 5.56 Å². The van der Waals surface area contributed by atoms with Crippen molar-refractivity contribution in [1.29, 1.82) is 0 Å². The van der Waals surface area contributed by atoms with E-state index in [4.69, 9.17) is 10.5 Å². The van der Waals surface area contributed by atoms with E-state index in [-0.39, 0.29) is 29.0 Å². The van der Waals surface area contributed by atoms with Crippen LogP contribution >= 0.6 is 17.0 Å². The zero-order valence-electron chi connectivity index (χ0n) is 11.2. The zero-order chi connectivity index (χ0) is 12.9. The molecule has 102 valence electrons. The zero-order valence-corrected chi connectivity index (χ0v) is 12.9. The van der Waals surface area contributed by atoms with Gasteiger partial charge in [-0.2, -0.15) is 0 Å². The van der Waals surface area contributed by atoms with Gasteiger partial charge in [0.05, 0.1) is 12.0 Å². The number of rotatable bonds is 5. The first-order chi connectivity index (χ1) is 7.98. The summed E-state index contributed by atoms with van der Waals surface area (Å²) in [5, 5.41) is 0. The van der Waals surface area contributed by atoms with Crippen molar-refractivity contribution in [3.05, 3.63) is 35.9 Å². The molecule has 0 heterocycles. The maximum absolute atomic E-state index is 11.8. The lowest BCUT2D eigenvalue weighted by atomic mass is 9.81. The van der Waals surface area contributed by atoms with Crippen molar-refractivity contribution in [2.75, 3.05) is 6.61 Å². The second-order valence-electron chi connectivity index (χ2n) is 4.74. The smallest absolute Gasteiger partial charge is 0.313 e. The van der Waals surface area contributed by atoms with Gasteiger partial charge in [-0.1, -0.05) is 30.3 Å². The summed E-state index contributed by atoms with van der Waals surface area (Å²) >= 11 is 0. The molecule has 1 rings (SSSR count). The van der Waals surface area contributed by atoms with Crippen molar-refractivity contribution < 1.29 is 9.53 Å². The van der Waals surface area contributed by atoms with Crippen LogP contribution in [0.15, 0.2) is 30.3 Å². The Balaban J connectivity index is 0.00000289. The van der Waals surface area contributed by atoms with Crippen molar-refractivity contribution in [2.45, 2.75) is 33.2 Å². The summed E-state index contributed by atoms with van der Waals surface area (Å²) < 4.78 is 5.05. The Bertz CT molecular complexity index is 365. The Labute approximate surface area is 119 Å². The van der Waals surface area contributed by atoms with Gasteiger partial charge in [-0.25, -0.2) is 0 Å². The van der Waals surface area contributed by atoms with Crippen molar-refractivity contribution >= 4 is 23.0 Å². The predicted octanol–water partition coefficient (Wildman–Crippen LogP) is 2.72. The third kappa shape index (κ3) is 4.42. The van der Waals surface area contributed by atoms with Crippen LogP contribution in [0.2, 0.25) is 0 Å². The van der Waals surface area contributed by atoms with E-state index in [0.29, 0.717) is 13.0 Å². The number of hydrogen-bond donors (Lipinski definition) is 1. The van der Waals surface area contributed by atoms with E-state index in [9.17, 15) is 4.79 Å². The monoisotopic (exact) mass is 315 g/mol. The Morgan fingerprint density at radius 1 is 1.33 bits per heavy atom. The minimum Gasteiger partial charge on any atom is -0.466 e. The molecule has 3 nitrogen and oxygen atoms in total. The molecule has 0 aliphatic carbocycles. The van der Waals surface area contributed by atoms with Crippen molar-refractivity contribution in [2.24, 2.45) is 11.1 Å². The van der Waals surface area contributed by atoms with Gasteiger partial charge in [0.1, 0.15) is 0 Å². The summed E-state index contributed by atoms with van der Waals surface area (Å²) in [6.45, 7) is 5.86. The maximum atomic E-state index is 11.8. The second-order valence-corrected chi connectivity index (χ2v) is 4.74. The van der Waals surface area contributed by atoms with Gasteiger partial charge in [0.15, 0.2) is 0 Å². The minimum atomic E-state index is -0.661. The molecular formula is C14H22BrNO2. The summed E-state index contributed by atoms with van der Waals surface area (Å²) in [6, 6.07) is 9.69. The van der Waals surface area contributed by atoms with E-state index >= 15 is 0 Å². The summed E-state index contributed by atoms with van der Waals surface area (Å²) in [5.74, 6) is -0.233. The molecule has 4 heteroatoms. The van der Waals surface area contributed by atoms with Crippen LogP contribution in [0.4, 0.5) is 0 Å². The van der Waals surface area contributed by atoms with E-state index < -0.39 is 5.41 Å². The molecule has 0 fully saturated rings. The fourth-order valence-corrected chi connectivity index (χ4v) is 1.59. The number of halogens is 1. The molecule has 2 N–H and O–H groups in total. The van der Waals surface area contributed by atoms with Crippen LogP contribution in [0.1, 0.15) is 26.3 Å². The SMILES string of the molecule is Br.CCOC(=O)C(C)(C)C(N)Cc1ccccc1. The van der Waals surface area contributed by atoms with Crippen LogP contribution < -0.4 is 5.73 Å². The van der Waals surface area contributed by atoms with E-state index in [1.165, 1.54) is 0 Å². The Morgan fingerprint density at radius 3 is 2.39 bits per heavy atom. The first-order valence-electron chi connectivity index (χ1n) is 5.95. The predicted molar refractivity (Wildman–Crippen MR) is 78.9 cm³/mol. The van der Waals surface area contributed by atoms with E-state index in [1.807, 2.05) is 44.2 Å². The molecule has 0 aromatic heterocycles. The van der Waals surface area contributed by atoms with Crippen LogP contribution in [0.3, 0.4) is 0 Å². The van der Waals surface area contributed by atoms with Crippen LogP contribution in [0.5, 0.6) is 0 Å². The Kier molecular flexibility index (Phi) is 7.18.